The Hall–Kier alpha value is -3.36. The third kappa shape index (κ3) is 4.00. The van der Waals surface area contributed by atoms with Gasteiger partial charge < -0.3 is 9.42 Å². The molecule has 0 aromatic carbocycles. The highest BCUT2D eigenvalue weighted by atomic mass is 16.5. The molecule has 0 radical (unpaired) electrons. The molecule has 0 spiro atoms. The van der Waals surface area contributed by atoms with Crippen molar-refractivity contribution in [3.63, 3.8) is 0 Å². The number of carbonyl (C=O) groups excluding carboxylic acids is 1. The molecule has 0 aliphatic rings. The van der Waals surface area contributed by atoms with Gasteiger partial charge in [-0.3, -0.25) is 19.1 Å². The van der Waals surface area contributed by atoms with E-state index in [0.717, 1.165) is 5.69 Å². The smallest absolute Gasteiger partial charge is 0.266 e. The van der Waals surface area contributed by atoms with Crippen LogP contribution in [0.3, 0.4) is 0 Å². The second kappa shape index (κ2) is 7.68. The van der Waals surface area contributed by atoms with Crippen molar-refractivity contribution in [2.75, 3.05) is 7.05 Å². The molecule has 0 saturated heterocycles. The molecule has 0 N–H and O–H groups in total. The van der Waals surface area contributed by atoms with Gasteiger partial charge in [-0.25, -0.2) is 4.98 Å². The summed E-state index contributed by atoms with van der Waals surface area (Å²) in [4.78, 5) is 38.7. The van der Waals surface area contributed by atoms with Crippen molar-refractivity contribution in [3.05, 3.63) is 58.8 Å². The first kappa shape index (κ1) is 17.5. The Morgan fingerprint density at radius 1 is 1.35 bits per heavy atom. The van der Waals surface area contributed by atoms with E-state index in [-0.39, 0.29) is 35.9 Å². The van der Waals surface area contributed by atoms with Gasteiger partial charge in [0.15, 0.2) is 5.82 Å². The summed E-state index contributed by atoms with van der Waals surface area (Å²) < 4.78 is 6.38. The van der Waals surface area contributed by atoms with E-state index in [1.807, 2.05) is 18.2 Å². The van der Waals surface area contributed by atoms with Crippen molar-refractivity contribution in [1.29, 1.82) is 0 Å². The van der Waals surface area contributed by atoms with E-state index in [2.05, 4.69) is 20.1 Å². The molecule has 0 fully saturated rings. The zero-order valence-electron chi connectivity index (χ0n) is 14.5. The molecule has 134 valence electrons. The molecular weight excluding hydrogens is 336 g/mol. The van der Waals surface area contributed by atoms with Crippen molar-refractivity contribution >= 4 is 5.91 Å². The Morgan fingerprint density at radius 2 is 2.19 bits per heavy atom. The van der Waals surface area contributed by atoms with Crippen molar-refractivity contribution in [3.8, 4) is 11.5 Å². The van der Waals surface area contributed by atoms with E-state index in [4.69, 9.17) is 4.52 Å². The molecule has 0 atom stereocenters. The first-order valence-corrected chi connectivity index (χ1v) is 8.03. The third-order valence-corrected chi connectivity index (χ3v) is 3.78. The van der Waals surface area contributed by atoms with Crippen LogP contribution in [0.2, 0.25) is 0 Å². The molecule has 0 saturated carbocycles. The van der Waals surface area contributed by atoms with Gasteiger partial charge in [-0.1, -0.05) is 11.2 Å². The van der Waals surface area contributed by atoms with E-state index >= 15 is 0 Å². The summed E-state index contributed by atoms with van der Waals surface area (Å²) in [5, 5.41) is 3.67. The van der Waals surface area contributed by atoms with E-state index in [9.17, 15) is 9.59 Å². The third-order valence-electron chi connectivity index (χ3n) is 3.78. The second-order valence-corrected chi connectivity index (χ2v) is 5.77. The number of hydrogen-bond donors (Lipinski definition) is 0. The van der Waals surface area contributed by atoms with Crippen molar-refractivity contribution < 1.29 is 9.32 Å². The molecule has 3 rings (SSSR count). The van der Waals surface area contributed by atoms with Gasteiger partial charge in [-0.15, -0.1) is 0 Å². The number of carbonyl (C=O) groups is 1. The average Bonchev–Trinajstić information content (AvgIpc) is 3.07. The summed E-state index contributed by atoms with van der Waals surface area (Å²) in [5.74, 6) is 0.454. The van der Waals surface area contributed by atoms with Gasteiger partial charge in [0, 0.05) is 32.4 Å². The van der Waals surface area contributed by atoms with Crippen LogP contribution in [0.15, 0.2) is 46.2 Å². The SMILES string of the molecule is Cc1noc(-c2cncn(CCC(=O)N(C)Cc3ccccn3)c2=O)n1. The van der Waals surface area contributed by atoms with Crippen LogP contribution in [0.1, 0.15) is 17.9 Å². The maximum atomic E-state index is 12.5. The fraction of sp³-hybridized carbons (Fsp3) is 0.294. The van der Waals surface area contributed by atoms with Crippen LogP contribution in [-0.4, -0.2) is 42.5 Å². The zero-order valence-corrected chi connectivity index (χ0v) is 14.5. The van der Waals surface area contributed by atoms with Crippen LogP contribution in [-0.2, 0) is 17.9 Å². The minimum Gasteiger partial charge on any atom is -0.340 e. The highest BCUT2D eigenvalue weighted by Gasteiger charge is 2.15. The summed E-state index contributed by atoms with van der Waals surface area (Å²) in [6.07, 6.45) is 4.61. The van der Waals surface area contributed by atoms with Crippen molar-refractivity contribution in [2.45, 2.75) is 26.4 Å². The average molecular weight is 354 g/mol. The first-order chi connectivity index (χ1) is 12.5. The van der Waals surface area contributed by atoms with Gasteiger partial charge in [0.2, 0.25) is 5.91 Å². The van der Waals surface area contributed by atoms with Crippen LogP contribution < -0.4 is 5.56 Å². The Balaban J connectivity index is 1.66. The van der Waals surface area contributed by atoms with Gasteiger partial charge in [-0.05, 0) is 19.1 Å². The number of hydrogen-bond acceptors (Lipinski definition) is 7. The molecular formula is C17H18N6O3. The largest absolute Gasteiger partial charge is 0.340 e. The molecule has 3 aromatic rings. The summed E-state index contributed by atoms with van der Waals surface area (Å²) in [7, 11) is 1.70. The maximum Gasteiger partial charge on any atom is 0.266 e. The molecule has 1 amide bonds. The molecule has 0 unspecified atom stereocenters. The predicted molar refractivity (Wildman–Crippen MR) is 91.9 cm³/mol. The predicted octanol–water partition coefficient (Wildman–Crippen LogP) is 1.05. The number of rotatable bonds is 6. The van der Waals surface area contributed by atoms with E-state index in [0.29, 0.717) is 12.4 Å². The quantitative estimate of drug-likeness (QED) is 0.651. The standard InChI is InChI=1S/C17H18N6O3/c1-12-20-16(26-21-12)14-9-18-11-23(17(14)25)8-6-15(24)22(2)10-13-5-3-4-7-19-13/h3-5,7,9,11H,6,8,10H2,1-2H3. The Kier molecular flexibility index (Phi) is 5.16. The Labute approximate surface area is 149 Å². The Morgan fingerprint density at radius 3 is 2.88 bits per heavy atom. The highest BCUT2D eigenvalue weighted by Crippen LogP contribution is 2.11. The van der Waals surface area contributed by atoms with E-state index in [1.165, 1.54) is 17.1 Å². The Bertz CT molecular complexity index is 950. The molecule has 9 nitrogen and oxygen atoms in total. The number of amides is 1. The van der Waals surface area contributed by atoms with Crippen LogP contribution in [0.5, 0.6) is 0 Å². The number of aromatic nitrogens is 5. The fourth-order valence-corrected chi connectivity index (χ4v) is 2.39. The molecule has 9 heteroatoms. The second-order valence-electron chi connectivity index (χ2n) is 5.77. The number of pyridine rings is 1. The van der Waals surface area contributed by atoms with Crippen molar-refractivity contribution in [1.82, 2.24) is 29.6 Å². The minimum absolute atomic E-state index is 0.0957. The molecule has 0 bridgehead atoms. The fourth-order valence-electron chi connectivity index (χ4n) is 2.39. The normalized spacial score (nSPS) is 10.7. The van der Waals surface area contributed by atoms with Crippen LogP contribution in [0.25, 0.3) is 11.5 Å². The minimum atomic E-state index is -0.330. The van der Waals surface area contributed by atoms with E-state index in [1.54, 1.807) is 25.1 Å². The number of aryl methyl sites for hydroxylation is 2. The van der Waals surface area contributed by atoms with Crippen molar-refractivity contribution in [2.24, 2.45) is 0 Å². The lowest BCUT2D eigenvalue weighted by molar-refractivity contribution is -0.130. The summed E-state index contributed by atoms with van der Waals surface area (Å²) in [6, 6.07) is 5.55. The summed E-state index contributed by atoms with van der Waals surface area (Å²) in [6.45, 7) is 2.28. The highest BCUT2D eigenvalue weighted by molar-refractivity contribution is 5.75. The van der Waals surface area contributed by atoms with Gasteiger partial charge in [0.05, 0.1) is 18.6 Å². The van der Waals surface area contributed by atoms with Crippen LogP contribution >= 0.6 is 0 Å². The lowest BCUT2D eigenvalue weighted by Crippen LogP contribution is -2.29. The van der Waals surface area contributed by atoms with E-state index < -0.39 is 0 Å². The van der Waals surface area contributed by atoms with Gasteiger partial charge in [0.1, 0.15) is 5.56 Å². The van der Waals surface area contributed by atoms with Crippen LogP contribution in [0, 0.1) is 6.92 Å². The molecule has 26 heavy (non-hydrogen) atoms. The molecule has 3 heterocycles. The molecule has 0 aliphatic carbocycles. The molecule has 3 aromatic heterocycles. The van der Waals surface area contributed by atoms with Gasteiger partial charge >= 0.3 is 0 Å². The number of nitrogens with zero attached hydrogens (tertiary/aromatic N) is 6. The zero-order chi connectivity index (χ0) is 18.5. The topological polar surface area (TPSA) is 107 Å². The first-order valence-electron chi connectivity index (χ1n) is 8.03. The van der Waals surface area contributed by atoms with Gasteiger partial charge in [-0.2, -0.15) is 4.98 Å². The van der Waals surface area contributed by atoms with Gasteiger partial charge in [0.25, 0.3) is 11.4 Å². The van der Waals surface area contributed by atoms with Crippen LogP contribution in [0.4, 0.5) is 0 Å². The maximum absolute atomic E-state index is 12.5. The monoisotopic (exact) mass is 354 g/mol. The summed E-state index contributed by atoms with van der Waals surface area (Å²) in [5.41, 5.74) is 0.683. The lowest BCUT2D eigenvalue weighted by Gasteiger charge is -2.17. The summed E-state index contributed by atoms with van der Waals surface area (Å²) >= 11 is 0. The lowest BCUT2D eigenvalue weighted by atomic mass is 10.3. The molecule has 0 aliphatic heterocycles.